The first kappa shape index (κ1) is 42.5. The van der Waals surface area contributed by atoms with Gasteiger partial charge in [0.1, 0.15) is 18.4 Å². The molecule has 3 fully saturated rings. The van der Waals surface area contributed by atoms with Crippen LogP contribution in [-0.4, -0.2) is 65.0 Å². The first-order valence-corrected chi connectivity index (χ1v) is 22.1. The fourth-order valence-corrected chi connectivity index (χ4v) is 9.84. The van der Waals surface area contributed by atoms with Crippen LogP contribution >= 0.6 is 11.8 Å². The van der Waals surface area contributed by atoms with Crippen LogP contribution in [0.1, 0.15) is 83.5 Å². The summed E-state index contributed by atoms with van der Waals surface area (Å²) in [4.78, 5) is 74.9. The van der Waals surface area contributed by atoms with Crippen LogP contribution in [0.3, 0.4) is 0 Å². The van der Waals surface area contributed by atoms with Crippen molar-refractivity contribution >= 4 is 47.2 Å². The number of carbonyl (C=O) groups excluding carboxylic acids is 5. The molecule has 5 amide bonds. The number of amides is 5. The van der Waals surface area contributed by atoms with E-state index in [4.69, 9.17) is 14.2 Å². The molecule has 3 atom stereocenters. The third kappa shape index (κ3) is 9.17. The summed E-state index contributed by atoms with van der Waals surface area (Å²) < 4.78 is 18.4. The van der Waals surface area contributed by atoms with Crippen molar-refractivity contribution in [2.45, 2.75) is 75.3 Å². The summed E-state index contributed by atoms with van der Waals surface area (Å²) in [7, 11) is 0. The predicted molar refractivity (Wildman–Crippen MR) is 236 cm³/mol. The maximum absolute atomic E-state index is 14.8. The minimum Gasteiger partial charge on any atom is -0.459 e. The number of imide groups is 2. The van der Waals surface area contributed by atoms with E-state index in [-0.39, 0.29) is 40.7 Å². The monoisotopic (exact) mass is 851 g/mol. The molecule has 2 aliphatic heterocycles. The van der Waals surface area contributed by atoms with Gasteiger partial charge >= 0.3 is 12.0 Å². The molecule has 3 aliphatic rings. The Bertz CT molecular complexity index is 2350. The second-order valence-electron chi connectivity index (χ2n) is 15.8. The zero-order valence-electron chi connectivity index (χ0n) is 34.8. The number of ether oxygens (including phenoxy) is 3. The lowest BCUT2D eigenvalue weighted by molar-refractivity contribution is -0.143. The zero-order valence-corrected chi connectivity index (χ0v) is 35.6. The van der Waals surface area contributed by atoms with Crippen molar-refractivity contribution in [1.29, 1.82) is 0 Å². The summed E-state index contributed by atoms with van der Waals surface area (Å²) in [5, 5.41) is 0.142. The van der Waals surface area contributed by atoms with Crippen LogP contribution in [0.25, 0.3) is 0 Å². The van der Waals surface area contributed by atoms with E-state index in [0.717, 1.165) is 26.5 Å². The average molecular weight is 852 g/mol. The zero-order chi connectivity index (χ0) is 43.2. The van der Waals surface area contributed by atoms with Gasteiger partial charge in [0.05, 0.1) is 23.2 Å². The van der Waals surface area contributed by atoms with Gasteiger partial charge in [0.15, 0.2) is 5.75 Å². The lowest BCUT2D eigenvalue weighted by Gasteiger charge is -2.35. The van der Waals surface area contributed by atoms with Gasteiger partial charge in [-0.3, -0.25) is 24.2 Å². The quantitative estimate of drug-likeness (QED) is 0.0748. The predicted octanol–water partition coefficient (Wildman–Crippen LogP) is 9.89. The van der Waals surface area contributed by atoms with Gasteiger partial charge in [-0.1, -0.05) is 116 Å². The van der Waals surface area contributed by atoms with Gasteiger partial charge in [0, 0.05) is 29.9 Å². The Morgan fingerprint density at radius 3 is 1.90 bits per heavy atom. The number of para-hydroxylation sites is 1. The number of hydrogen-bond acceptors (Lipinski definition) is 9. The molecule has 5 aromatic rings. The lowest BCUT2D eigenvalue weighted by Crippen LogP contribution is -2.48. The summed E-state index contributed by atoms with van der Waals surface area (Å²) in [6.07, 6.45) is 1.04. The van der Waals surface area contributed by atoms with Crippen LogP contribution in [0, 0.1) is 5.41 Å². The van der Waals surface area contributed by atoms with Gasteiger partial charge in [-0.25, -0.2) is 14.5 Å². The molecule has 5 aromatic carbocycles. The van der Waals surface area contributed by atoms with Gasteiger partial charge < -0.3 is 14.2 Å². The number of hydrogen-bond donors (Lipinski definition) is 0. The van der Waals surface area contributed by atoms with Gasteiger partial charge in [-0.05, 0) is 73.2 Å². The molecule has 8 rings (SSSR count). The molecule has 0 aromatic heterocycles. The highest BCUT2D eigenvalue weighted by Crippen LogP contribution is 2.52. The van der Waals surface area contributed by atoms with Crippen molar-refractivity contribution in [3.8, 4) is 11.5 Å². The van der Waals surface area contributed by atoms with Crippen molar-refractivity contribution in [1.82, 2.24) is 9.80 Å². The first-order chi connectivity index (χ1) is 30.2. The SMILES string of the molecule is CCOC1C(=O)N(CC(=O)N(C(=O)C2(CC)CC2)c2cc(C(=O)OC3CC(c4ccccc4)SC(c4ccccc4)C3)ccc2Oc2ccccc2)C(=O)N1Cc1ccccc1. The van der Waals surface area contributed by atoms with Gasteiger partial charge in [0.25, 0.3) is 11.8 Å². The minimum atomic E-state index is -1.26. The molecule has 0 bridgehead atoms. The third-order valence-corrected chi connectivity index (χ3v) is 13.4. The smallest absolute Gasteiger partial charge is 0.338 e. The Kier molecular flexibility index (Phi) is 12.9. The van der Waals surface area contributed by atoms with E-state index in [1.54, 1.807) is 43.3 Å². The Hall–Kier alpha value is -6.24. The van der Waals surface area contributed by atoms with Crippen molar-refractivity contribution in [3.63, 3.8) is 0 Å². The second-order valence-corrected chi connectivity index (χ2v) is 17.2. The standard InChI is InChI=1S/C50H49N3O8S/c1-3-50(27-28-50)48(57)53(44(54)33-51-45(55)46(59-4-2)52(49(51)58)32-34-17-9-5-10-18-34)40-29-37(25-26-41(40)60-38-23-15-8-16-24-38)47(56)61-39-30-42(35-19-11-6-12-20-35)62-43(31-39)36-21-13-7-14-22-36/h5-26,29,39,42-43,46H,3-4,27-28,30-33H2,1-2H3. The van der Waals surface area contributed by atoms with Crippen molar-refractivity contribution in [2.75, 3.05) is 18.1 Å². The number of rotatable bonds is 15. The van der Waals surface area contributed by atoms with E-state index in [2.05, 4.69) is 24.3 Å². The largest absolute Gasteiger partial charge is 0.459 e. The van der Waals surface area contributed by atoms with Crippen LogP contribution < -0.4 is 9.64 Å². The molecule has 1 saturated carbocycles. The molecule has 12 heteroatoms. The Balaban J connectivity index is 1.13. The number of thioether (sulfide) groups is 1. The number of carbonyl (C=O) groups is 5. The van der Waals surface area contributed by atoms with Crippen LogP contribution in [0.2, 0.25) is 0 Å². The molecule has 318 valence electrons. The van der Waals surface area contributed by atoms with E-state index >= 15 is 0 Å². The summed E-state index contributed by atoms with van der Waals surface area (Å²) in [5.41, 5.74) is 2.33. The maximum Gasteiger partial charge on any atom is 0.338 e. The molecule has 2 heterocycles. The second kappa shape index (κ2) is 18.8. The molecule has 3 unspecified atom stereocenters. The van der Waals surface area contributed by atoms with Crippen molar-refractivity contribution < 1.29 is 38.2 Å². The Morgan fingerprint density at radius 2 is 1.34 bits per heavy atom. The Labute approximate surface area is 365 Å². The molecule has 0 radical (unpaired) electrons. The number of esters is 1. The molecule has 1 aliphatic carbocycles. The van der Waals surface area contributed by atoms with Crippen molar-refractivity contribution in [3.05, 3.63) is 162 Å². The fourth-order valence-electron chi connectivity index (χ4n) is 8.17. The topological polar surface area (TPSA) is 123 Å². The maximum atomic E-state index is 14.8. The number of anilines is 1. The van der Waals surface area contributed by atoms with E-state index in [0.29, 0.717) is 37.9 Å². The van der Waals surface area contributed by atoms with E-state index in [1.165, 1.54) is 11.0 Å². The molecular weight excluding hydrogens is 803 g/mol. The Morgan fingerprint density at radius 1 is 0.758 bits per heavy atom. The van der Waals surface area contributed by atoms with Gasteiger partial charge in [0.2, 0.25) is 12.1 Å². The molecule has 0 N–H and O–H groups in total. The first-order valence-electron chi connectivity index (χ1n) is 21.2. The number of benzene rings is 5. The molecule has 2 saturated heterocycles. The van der Waals surface area contributed by atoms with E-state index < -0.39 is 54.0 Å². The average Bonchev–Trinajstić information content (AvgIpc) is 4.09. The lowest BCUT2D eigenvalue weighted by atomic mass is 9.99. The van der Waals surface area contributed by atoms with Gasteiger partial charge in [-0.2, -0.15) is 0 Å². The van der Waals surface area contributed by atoms with E-state index in [9.17, 15) is 24.0 Å². The summed E-state index contributed by atoms with van der Waals surface area (Å²) in [6.45, 7) is 3.06. The number of nitrogens with zero attached hydrogens (tertiary/aromatic N) is 3. The molecule has 11 nitrogen and oxygen atoms in total. The normalized spacial score (nSPS) is 20.4. The van der Waals surface area contributed by atoms with Crippen LogP contribution in [-0.2, 0) is 30.4 Å². The third-order valence-electron chi connectivity index (χ3n) is 11.8. The summed E-state index contributed by atoms with van der Waals surface area (Å²) in [5.74, 6) is -2.11. The van der Waals surface area contributed by atoms with Crippen LogP contribution in [0.5, 0.6) is 11.5 Å². The molecule has 62 heavy (non-hydrogen) atoms. The molecule has 0 spiro atoms. The van der Waals surface area contributed by atoms with Gasteiger partial charge in [-0.15, -0.1) is 11.8 Å². The fraction of sp³-hybridized carbons (Fsp3) is 0.300. The van der Waals surface area contributed by atoms with Crippen LogP contribution in [0.4, 0.5) is 10.5 Å². The van der Waals surface area contributed by atoms with Crippen molar-refractivity contribution in [2.24, 2.45) is 5.41 Å². The highest BCUT2D eigenvalue weighted by molar-refractivity contribution is 7.99. The highest BCUT2D eigenvalue weighted by Gasteiger charge is 2.53. The minimum absolute atomic E-state index is 0.00291. The van der Waals surface area contributed by atoms with E-state index in [1.807, 2.05) is 91.5 Å². The summed E-state index contributed by atoms with van der Waals surface area (Å²) >= 11 is 1.85. The highest BCUT2D eigenvalue weighted by atomic mass is 32.2. The summed E-state index contributed by atoms with van der Waals surface area (Å²) in [6, 6.07) is 42.3. The number of urea groups is 1. The van der Waals surface area contributed by atoms with Crippen LogP contribution in [0.15, 0.2) is 140 Å². The molecular formula is C50H49N3O8S.